The average molecular weight is 329 g/mol. The molecule has 1 N–H and O–H groups in total. The van der Waals surface area contributed by atoms with Crippen LogP contribution in [0.3, 0.4) is 0 Å². The third-order valence-corrected chi connectivity index (χ3v) is 4.82. The van der Waals surface area contributed by atoms with E-state index in [0.29, 0.717) is 32.2 Å². The minimum atomic E-state index is 0.0382. The highest BCUT2D eigenvalue weighted by Gasteiger charge is 2.36. The highest BCUT2D eigenvalue weighted by molar-refractivity contribution is 5.78. The molecule has 1 aromatic carbocycles. The SMILES string of the molecule is Cc1cccc2[nH]c(COCC(=O)N3CCO[C@H](C4CC4)C3)nc12. The van der Waals surface area contributed by atoms with Gasteiger partial charge >= 0.3 is 0 Å². The molecule has 1 atom stereocenters. The molecule has 1 saturated heterocycles. The molecule has 0 bridgehead atoms. The Bertz CT molecular complexity index is 738. The van der Waals surface area contributed by atoms with E-state index in [4.69, 9.17) is 9.47 Å². The van der Waals surface area contributed by atoms with Gasteiger partial charge in [0.15, 0.2) is 0 Å². The van der Waals surface area contributed by atoms with E-state index in [2.05, 4.69) is 9.97 Å². The summed E-state index contributed by atoms with van der Waals surface area (Å²) < 4.78 is 11.3. The average Bonchev–Trinajstić information content (AvgIpc) is 3.36. The molecular formula is C18H23N3O3. The fraction of sp³-hybridized carbons (Fsp3) is 0.556. The maximum absolute atomic E-state index is 12.3. The van der Waals surface area contributed by atoms with Gasteiger partial charge in [0.05, 0.1) is 23.7 Å². The van der Waals surface area contributed by atoms with Gasteiger partial charge in [-0.3, -0.25) is 4.79 Å². The van der Waals surface area contributed by atoms with E-state index in [9.17, 15) is 4.79 Å². The summed E-state index contributed by atoms with van der Waals surface area (Å²) in [7, 11) is 0. The lowest BCUT2D eigenvalue weighted by molar-refractivity contribution is -0.144. The van der Waals surface area contributed by atoms with Gasteiger partial charge in [0.25, 0.3) is 0 Å². The number of carbonyl (C=O) groups excluding carboxylic acids is 1. The Morgan fingerprint density at radius 3 is 3.12 bits per heavy atom. The number of nitrogens with one attached hydrogen (secondary N) is 1. The number of benzene rings is 1. The second-order valence-electron chi connectivity index (χ2n) is 6.73. The fourth-order valence-electron chi connectivity index (χ4n) is 3.28. The van der Waals surface area contributed by atoms with E-state index in [1.807, 2.05) is 30.0 Å². The maximum atomic E-state index is 12.3. The van der Waals surface area contributed by atoms with Crippen molar-refractivity contribution in [2.24, 2.45) is 5.92 Å². The highest BCUT2D eigenvalue weighted by atomic mass is 16.5. The Hall–Kier alpha value is -1.92. The summed E-state index contributed by atoms with van der Waals surface area (Å²) in [6.07, 6.45) is 2.68. The molecule has 4 rings (SSSR count). The van der Waals surface area contributed by atoms with E-state index in [0.717, 1.165) is 22.4 Å². The topological polar surface area (TPSA) is 67.5 Å². The number of amides is 1. The first-order chi connectivity index (χ1) is 11.7. The molecule has 2 fully saturated rings. The molecule has 1 aliphatic carbocycles. The van der Waals surface area contributed by atoms with Gasteiger partial charge in [0.2, 0.25) is 5.91 Å². The second kappa shape index (κ2) is 6.53. The van der Waals surface area contributed by atoms with Crippen LogP contribution in [-0.4, -0.2) is 53.2 Å². The van der Waals surface area contributed by atoms with E-state index >= 15 is 0 Å². The molecule has 0 unspecified atom stereocenters. The molecule has 1 aliphatic heterocycles. The molecule has 2 aromatic rings. The van der Waals surface area contributed by atoms with Crippen molar-refractivity contribution in [2.75, 3.05) is 26.3 Å². The largest absolute Gasteiger partial charge is 0.374 e. The standard InChI is InChI=1S/C18H23N3O3/c1-12-3-2-4-14-18(12)20-16(19-14)10-23-11-17(22)21-7-8-24-15(9-21)13-5-6-13/h2-4,13,15H,5-11H2,1H3,(H,19,20)/t15-/m0/s1. The minimum Gasteiger partial charge on any atom is -0.374 e. The van der Waals surface area contributed by atoms with Crippen molar-refractivity contribution in [3.05, 3.63) is 29.6 Å². The Labute approximate surface area is 141 Å². The second-order valence-corrected chi connectivity index (χ2v) is 6.73. The van der Waals surface area contributed by atoms with E-state index in [1.165, 1.54) is 12.8 Å². The lowest BCUT2D eigenvalue weighted by Crippen LogP contribution is -2.47. The number of aryl methyl sites for hydroxylation is 1. The molecular weight excluding hydrogens is 306 g/mol. The predicted octanol–water partition coefficient (Wildman–Crippen LogP) is 2.03. The molecule has 0 spiro atoms. The minimum absolute atomic E-state index is 0.0382. The third-order valence-electron chi connectivity index (χ3n) is 4.82. The number of aromatic nitrogens is 2. The van der Waals surface area contributed by atoms with Crippen molar-refractivity contribution in [1.82, 2.24) is 14.9 Å². The van der Waals surface area contributed by atoms with Gasteiger partial charge in [-0.25, -0.2) is 4.98 Å². The van der Waals surface area contributed by atoms with Crippen LogP contribution in [0.4, 0.5) is 0 Å². The maximum Gasteiger partial charge on any atom is 0.248 e. The Kier molecular flexibility index (Phi) is 4.24. The number of para-hydroxylation sites is 1. The van der Waals surface area contributed by atoms with E-state index in [-0.39, 0.29) is 18.6 Å². The molecule has 6 nitrogen and oxygen atoms in total. The first-order valence-electron chi connectivity index (χ1n) is 8.62. The number of aromatic amines is 1. The number of rotatable bonds is 5. The van der Waals surface area contributed by atoms with Crippen molar-refractivity contribution >= 4 is 16.9 Å². The molecule has 1 saturated carbocycles. The van der Waals surface area contributed by atoms with Crippen LogP contribution >= 0.6 is 0 Å². The molecule has 0 radical (unpaired) electrons. The Morgan fingerprint density at radius 2 is 2.33 bits per heavy atom. The van der Waals surface area contributed by atoms with Crippen molar-refractivity contribution in [3.63, 3.8) is 0 Å². The van der Waals surface area contributed by atoms with Gasteiger partial charge in [-0.15, -0.1) is 0 Å². The van der Waals surface area contributed by atoms with E-state index in [1.54, 1.807) is 0 Å². The highest BCUT2D eigenvalue weighted by Crippen LogP contribution is 2.35. The van der Waals surface area contributed by atoms with Crippen LogP contribution in [0.2, 0.25) is 0 Å². The summed E-state index contributed by atoms with van der Waals surface area (Å²) in [5, 5.41) is 0. The van der Waals surface area contributed by atoms with Gasteiger partial charge in [0, 0.05) is 13.1 Å². The summed E-state index contributed by atoms with van der Waals surface area (Å²) in [5.74, 6) is 1.45. The summed E-state index contributed by atoms with van der Waals surface area (Å²) >= 11 is 0. The third kappa shape index (κ3) is 3.30. The molecule has 2 aliphatic rings. The van der Waals surface area contributed by atoms with Crippen LogP contribution in [0.15, 0.2) is 18.2 Å². The first-order valence-corrected chi connectivity index (χ1v) is 8.62. The quantitative estimate of drug-likeness (QED) is 0.911. The lowest BCUT2D eigenvalue weighted by atomic mass is 10.2. The van der Waals surface area contributed by atoms with Crippen molar-refractivity contribution in [3.8, 4) is 0 Å². The number of hydrogen-bond donors (Lipinski definition) is 1. The molecule has 6 heteroatoms. The van der Waals surface area contributed by atoms with Crippen LogP contribution in [0.25, 0.3) is 11.0 Å². The summed E-state index contributed by atoms with van der Waals surface area (Å²) in [5.41, 5.74) is 3.09. The van der Waals surface area contributed by atoms with Crippen LogP contribution in [0, 0.1) is 12.8 Å². The zero-order valence-corrected chi connectivity index (χ0v) is 14.0. The lowest BCUT2D eigenvalue weighted by Gasteiger charge is -2.33. The first kappa shape index (κ1) is 15.6. The summed E-state index contributed by atoms with van der Waals surface area (Å²) in [4.78, 5) is 22.0. The van der Waals surface area contributed by atoms with E-state index < -0.39 is 0 Å². The monoisotopic (exact) mass is 329 g/mol. The number of carbonyl (C=O) groups is 1. The summed E-state index contributed by atoms with van der Waals surface area (Å²) in [6, 6.07) is 6.03. The van der Waals surface area contributed by atoms with Gasteiger partial charge in [-0.05, 0) is 37.3 Å². The number of ether oxygens (including phenoxy) is 2. The van der Waals surface area contributed by atoms with Gasteiger partial charge in [-0.1, -0.05) is 12.1 Å². The fourth-order valence-corrected chi connectivity index (χ4v) is 3.28. The predicted molar refractivity (Wildman–Crippen MR) is 89.5 cm³/mol. The van der Waals surface area contributed by atoms with Gasteiger partial charge in [0.1, 0.15) is 19.0 Å². The van der Waals surface area contributed by atoms with Crippen molar-refractivity contribution in [2.45, 2.75) is 32.5 Å². The number of H-pyrrole nitrogens is 1. The number of fused-ring (bicyclic) bond motifs is 1. The number of hydrogen-bond acceptors (Lipinski definition) is 4. The van der Waals surface area contributed by atoms with Crippen LogP contribution in [0.1, 0.15) is 24.2 Å². The number of imidazole rings is 1. The van der Waals surface area contributed by atoms with Crippen LogP contribution < -0.4 is 0 Å². The molecule has 24 heavy (non-hydrogen) atoms. The smallest absolute Gasteiger partial charge is 0.248 e. The zero-order chi connectivity index (χ0) is 16.5. The number of morpholine rings is 1. The normalized spacial score (nSPS) is 21.4. The molecule has 1 amide bonds. The summed E-state index contributed by atoms with van der Waals surface area (Å²) in [6.45, 7) is 4.44. The molecule has 2 heterocycles. The Balaban J connectivity index is 1.29. The van der Waals surface area contributed by atoms with Crippen molar-refractivity contribution in [1.29, 1.82) is 0 Å². The van der Waals surface area contributed by atoms with Gasteiger partial charge in [-0.2, -0.15) is 0 Å². The zero-order valence-electron chi connectivity index (χ0n) is 14.0. The van der Waals surface area contributed by atoms with Crippen LogP contribution in [-0.2, 0) is 20.9 Å². The Morgan fingerprint density at radius 1 is 1.46 bits per heavy atom. The molecule has 128 valence electrons. The van der Waals surface area contributed by atoms with Crippen molar-refractivity contribution < 1.29 is 14.3 Å². The van der Waals surface area contributed by atoms with Gasteiger partial charge < -0.3 is 19.4 Å². The molecule has 1 aromatic heterocycles. The number of nitrogens with zero attached hydrogens (tertiary/aromatic N) is 2. The van der Waals surface area contributed by atoms with Crippen LogP contribution in [0.5, 0.6) is 0 Å².